The average molecular weight is 396 g/mol. The van der Waals surface area contributed by atoms with Crippen LogP contribution in [0, 0.1) is 0 Å². The minimum absolute atomic E-state index is 0.149. The van der Waals surface area contributed by atoms with Crippen molar-refractivity contribution in [1.82, 2.24) is 19.8 Å². The van der Waals surface area contributed by atoms with Gasteiger partial charge in [-0.05, 0) is 31.0 Å². The molecule has 2 heterocycles. The number of hydrogen-bond acceptors (Lipinski definition) is 7. The number of benzene rings is 1. The van der Waals surface area contributed by atoms with Gasteiger partial charge in [0.2, 0.25) is 21.8 Å². The lowest BCUT2D eigenvalue weighted by molar-refractivity contribution is -0.118. The second kappa shape index (κ2) is 8.19. The molecule has 1 saturated heterocycles. The van der Waals surface area contributed by atoms with E-state index in [1.807, 2.05) is 0 Å². The third kappa shape index (κ3) is 4.25. The quantitative estimate of drug-likeness (QED) is 0.742. The van der Waals surface area contributed by atoms with Gasteiger partial charge < -0.3 is 9.73 Å². The fourth-order valence-corrected chi connectivity index (χ4v) is 4.83. The summed E-state index contributed by atoms with van der Waals surface area (Å²) < 4.78 is 32.6. The molecule has 0 atom stereocenters. The molecule has 1 aliphatic heterocycles. The summed E-state index contributed by atoms with van der Waals surface area (Å²) in [4.78, 5) is 11.5. The first-order chi connectivity index (χ1) is 12.5. The lowest BCUT2D eigenvalue weighted by Gasteiger charge is -2.25. The average Bonchev–Trinajstić information content (AvgIpc) is 3.16. The number of amides is 1. The zero-order valence-corrected chi connectivity index (χ0v) is 16.0. The molecule has 1 fully saturated rings. The summed E-state index contributed by atoms with van der Waals surface area (Å²) >= 11 is 1.12. The summed E-state index contributed by atoms with van der Waals surface area (Å²) in [6.45, 7) is 1.10. The Morgan fingerprint density at radius 2 is 2.04 bits per heavy atom. The van der Waals surface area contributed by atoms with E-state index in [0.29, 0.717) is 18.7 Å². The summed E-state index contributed by atoms with van der Waals surface area (Å²) in [5, 5.41) is 10.6. The van der Waals surface area contributed by atoms with Gasteiger partial charge in [-0.3, -0.25) is 4.79 Å². The van der Waals surface area contributed by atoms with Crippen molar-refractivity contribution < 1.29 is 17.6 Å². The second-order valence-corrected chi connectivity index (χ2v) is 8.69. The molecule has 8 nitrogen and oxygen atoms in total. The maximum atomic E-state index is 12.8. The van der Waals surface area contributed by atoms with E-state index in [1.54, 1.807) is 31.3 Å². The van der Waals surface area contributed by atoms with E-state index in [2.05, 4.69) is 15.5 Å². The molecule has 1 aromatic carbocycles. The number of thioether (sulfide) groups is 1. The molecule has 1 N–H and O–H groups in total. The Balaban J connectivity index is 1.79. The lowest BCUT2D eigenvalue weighted by atomic mass is 10.2. The topological polar surface area (TPSA) is 105 Å². The van der Waals surface area contributed by atoms with Crippen LogP contribution in [0.2, 0.25) is 0 Å². The molecule has 2 aromatic rings. The highest BCUT2D eigenvalue weighted by molar-refractivity contribution is 7.99. The smallest absolute Gasteiger partial charge is 0.277 e. The van der Waals surface area contributed by atoms with E-state index >= 15 is 0 Å². The van der Waals surface area contributed by atoms with Crippen LogP contribution in [0.3, 0.4) is 0 Å². The molecule has 0 saturated carbocycles. The minimum Gasteiger partial charge on any atom is -0.411 e. The van der Waals surface area contributed by atoms with Gasteiger partial charge in [0.25, 0.3) is 5.22 Å². The van der Waals surface area contributed by atoms with E-state index < -0.39 is 10.0 Å². The van der Waals surface area contributed by atoms with Crippen LogP contribution >= 0.6 is 11.8 Å². The van der Waals surface area contributed by atoms with Gasteiger partial charge in [-0.25, -0.2) is 8.42 Å². The number of rotatable bonds is 6. The van der Waals surface area contributed by atoms with E-state index in [-0.39, 0.29) is 27.7 Å². The predicted molar refractivity (Wildman–Crippen MR) is 97.1 cm³/mol. The molecular formula is C16H20N4O4S2. The summed E-state index contributed by atoms with van der Waals surface area (Å²) in [6, 6.07) is 6.50. The van der Waals surface area contributed by atoms with Crippen LogP contribution < -0.4 is 5.32 Å². The highest BCUT2D eigenvalue weighted by Gasteiger charge is 2.26. The summed E-state index contributed by atoms with van der Waals surface area (Å²) in [5.74, 6) is 0.242. The van der Waals surface area contributed by atoms with Crippen LogP contribution in [0.4, 0.5) is 0 Å². The van der Waals surface area contributed by atoms with Crippen molar-refractivity contribution in [1.29, 1.82) is 0 Å². The standard InChI is InChI=1S/C16H20N4O4S2/c1-17-14(21)11-25-16-19-18-15(24-16)12-6-5-7-13(10-12)26(22,23)20-8-3-2-4-9-20/h5-7,10H,2-4,8-9,11H2,1H3,(H,17,21). The van der Waals surface area contributed by atoms with E-state index in [1.165, 1.54) is 4.31 Å². The van der Waals surface area contributed by atoms with Gasteiger partial charge in [0.05, 0.1) is 10.6 Å². The summed E-state index contributed by atoms with van der Waals surface area (Å²) in [5.41, 5.74) is 0.530. The zero-order chi connectivity index (χ0) is 18.6. The highest BCUT2D eigenvalue weighted by Crippen LogP contribution is 2.27. The van der Waals surface area contributed by atoms with Crippen molar-refractivity contribution in [2.24, 2.45) is 0 Å². The fraction of sp³-hybridized carbons (Fsp3) is 0.438. The number of carbonyl (C=O) groups excluding carboxylic acids is 1. The Morgan fingerprint density at radius 3 is 2.77 bits per heavy atom. The third-order valence-electron chi connectivity index (χ3n) is 4.05. The van der Waals surface area contributed by atoms with Gasteiger partial charge in [0.15, 0.2) is 0 Å². The van der Waals surface area contributed by atoms with Crippen LogP contribution in [-0.2, 0) is 14.8 Å². The van der Waals surface area contributed by atoms with Crippen LogP contribution in [0.1, 0.15) is 19.3 Å². The molecule has 1 amide bonds. The highest BCUT2D eigenvalue weighted by atomic mass is 32.2. The first-order valence-corrected chi connectivity index (χ1v) is 10.7. The third-order valence-corrected chi connectivity index (χ3v) is 6.76. The number of sulfonamides is 1. The Labute approximate surface area is 156 Å². The number of aromatic nitrogens is 2. The van der Waals surface area contributed by atoms with Crippen molar-refractivity contribution in [2.45, 2.75) is 29.4 Å². The molecular weight excluding hydrogens is 376 g/mol. The molecule has 0 radical (unpaired) electrons. The van der Waals surface area contributed by atoms with Crippen molar-refractivity contribution in [2.75, 3.05) is 25.9 Å². The van der Waals surface area contributed by atoms with Gasteiger partial charge in [-0.1, -0.05) is 24.2 Å². The zero-order valence-electron chi connectivity index (χ0n) is 14.3. The van der Waals surface area contributed by atoms with E-state index in [4.69, 9.17) is 4.42 Å². The SMILES string of the molecule is CNC(=O)CSc1nnc(-c2cccc(S(=O)(=O)N3CCCCC3)c2)o1. The van der Waals surface area contributed by atoms with Crippen LogP contribution in [-0.4, -0.2) is 54.7 Å². The van der Waals surface area contributed by atoms with Crippen molar-refractivity contribution in [3.05, 3.63) is 24.3 Å². The second-order valence-electron chi connectivity index (χ2n) is 5.83. The Hall–Kier alpha value is -1.91. The molecule has 140 valence electrons. The van der Waals surface area contributed by atoms with Crippen LogP contribution in [0.5, 0.6) is 0 Å². The molecule has 1 aromatic heterocycles. The maximum absolute atomic E-state index is 12.8. The van der Waals surface area contributed by atoms with Gasteiger partial charge in [0.1, 0.15) is 0 Å². The lowest BCUT2D eigenvalue weighted by Crippen LogP contribution is -2.35. The number of hydrogen-bond donors (Lipinski definition) is 1. The molecule has 26 heavy (non-hydrogen) atoms. The number of nitrogens with zero attached hydrogens (tertiary/aromatic N) is 3. The summed E-state index contributed by atoms with van der Waals surface area (Å²) in [7, 11) is -1.97. The first-order valence-electron chi connectivity index (χ1n) is 8.28. The minimum atomic E-state index is -3.53. The number of piperidine rings is 1. The van der Waals surface area contributed by atoms with E-state index in [9.17, 15) is 13.2 Å². The molecule has 0 aliphatic carbocycles. The Morgan fingerprint density at radius 1 is 1.27 bits per heavy atom. The molecule has 0 bridgehead atoms. The Bertz CT molecular complexity index is 876. The molecule has 10 heteroatoms. The Kier molecular flexibility index (Phi) is 5.94. The van der Waals surface area contributed by atoms with Gasteiger partial charge in [-0.2, -0.15) is 4.31 Å². The van der Waals surface area contributed by atoms with Gasteiger partial charge >= 0.3 is 0 Å². The molecule has 0 spiro atoms. The normalized spacial score (nSPS) is 15.7. The monoisotopic (exact) mass is 396 g/mol. The number of carbonyl (C=O) groups is 1. The maximum Gasteiger partial charge on any atom is 0.277 e. The summed E-state index contributed by atoms with van der Waals surface area (Å²) in [6.07, 6.45) is 2.83. The van der Waals surface area contributed by atoms with Crippen LogP contribution in [0.25, 0.3) is 11.5 Å². The van der Waals surface area contributed by atoms with Crippen LogP contribution in [0.15, 0.2) is 38.8 Å². The molecule has 1 aliphatic rings. The van der Waals surface area contributed by atoms with Gasteiger partial charge in [0, 0.05) is 25.7 Å². The number of nitrogens with one attached hydrogen (secondary N) is 1. The van der Waals surface area contributed by atoms with Crippen molar-refractivity contribution in [3.8, 4) is 11.5 Å². The van der Waals surface area contributed by atoms with Crippen molar-refractivity contribution >= 4 is 27.7 Å². The predicted octanol–water partition coefficient (Wildman–Crippen LogP) is 1.75. The van der Waals surface area contributed by atoms with Crippen molar-refractivity contribution in [3.63, 3.8) is 0 Å². The largest absolute Gasteiger partial charge is 0.411 e. The first kappa shape index (κ1) is 18.9. The fourth-order valence-electron chi connectivity index (χ4n) is 2.63. The van der Waals surface area contributed by atoms with E-state index in [0.717, 1.165) is 31.0 Å². The molecule has 0 unspecified atom stereocenters. The van der Waals surface area contributed by atoms with Gasteiger partial charge in [-0.15, -0.1) is 10.2 Å². The molecule has 3 rings (SSSR count).